The van der Waals surface area contributed by atoms with Crippen molar-refractivity contribution in [1.82, 2.24) is 0 Å². The predicted molar refractivity (Wildman–Crippen MR) is 29.0 cm³/mol. The summed E-state index contributed by atoms with van der Waals surface area (Å²) in [5.41, 5.74) is 0.0139. The Morgan fingerprint density at radius 1 is 1.57 bits per heavy atom. The minimum absolute atomic E-state index is 0.0139. The molecule has 0 unspecified atom stereocenters. The highest BCUT2D eigenvalue weighted by atomic mass is 16.3. The molecule has 0 saturated heterocycles. The fourth-order valence-electron chi connectivity index (χ4n) is 0.0913. The third kappa shape index (κ3) is 2.60. The second-order valence-electron chi connectivity index (χ2n) is 2.44. The summed E-state index contributed by atoms with van der Waals surface area (Å²) in [6.45, 7) is 4.23. The standard InChI is InChI=1S/C5H13NO/c1-5(2,4-7)6-3/h6-7H,4H2,1-3H3/p+1. The highest BCUT2D eigenvalue weighted by molar-refractivity contribution is 4.58. The summed E-state index contributed by atoms with van der Waals surface area (Å²) < 4.78 is 0. The molecule has 0 fully saturated rings. The maximum Gasteiger partial charge on any atom is 0.114 e. The summed E-state index contributed by atoms with van der Waals surface area (Å²) >= 11 is 0. The number of hydrogen-bond donors (Lipinski definition) is 2. The van der Waals surface area contributed by atoms with Gasteiger partial charge in [-0.25, -0.2) is 0 Å². The topological polar surface area (TPSA) is 36.8 Å². The van der Waals surface area contributed by atoms with Crippen LogP contribution in [0, 0.1) is 0 Å². The van der Waals surface area contributed by atoms with E-state index in [0.717, 1.165) is 0 Å². The molecule has 0 aliphatic heterocycles. The van der Waals surface area contributed by atoms with Gasteiger partial charge in [0.15, 0.2) is 0 Å². The average Bonchev–Trinajstić information content (AvgIpc) is 1.68. The molecule has 0 spiro atoms. The molecular weight excluding hydrogens is 90.1 g/mol. The first kappa shape index (κ1) is 6.92. The highest BCUT2D eigenvalue weighted by Gasteiger charge is 2.15. The Labute approximate surface area is 44.5 Å². The summed E-state index contributed by atoms with van der Waals surface area (Å²) in [6, 6.07) is 0. The van der Waals surface area contributed by atoms with Crippen LogP contribution in [-0.2, 0) is 0 Å². The molecule has 0 aromatic carbocycles. The van der Waals surface area contributed by atoms with Crippen molar-refractivity contribution in [3.63, 3.8) is 0 Å². The Morgan fingerprint density at radius 3 is 2.00 bits per heavy atom. The van der Waals surface area contributed by atoms with Crippen molar-refractivity contribution >= 4 is 0 Å². The van der Waals surface area contributed by atoms with Gasteiger partial charge in [0, 0.05) is 0 Å². The first-order valence-electron chi connectivity index (χ1n) is 2.54. The fraction of sp³-hybridized carbons (Fsp3) is 1.00. The summed E-state index contributed by atoms with van der Waals surface area (Å²) in [6.07, 6.45) is 0. The number of likely N-dealkylation sites (N-methyl/N-ethyl adjacent to an activating group) is 1. The third-order valence-electron chi connectivity index (χ3n) is 1.19. The van der Waals surface area contributed by atoms with Crippen LogP contribution in [0.25, 0.3) is 0 Å². The van der Waals surface area contributed by atoms with Crippen LogP contribution >= 0.6 is 0 Å². The largest absolute Gasteiger partial charge is 0.390 e. The molecule has 44 valence electrons. The lowest BCUT2D eigenvalue weighted by atomic mass is 10.1. The van der Waals surface area contributed by atoms with Crippen molar-refractivity contribution in [2.45, 2.75) is 19.4 Å². The maximum atomic E-state index is 8.56. The quantitative estimate of drug-likeness (QED) is 0.461. The van der Waals surface area contributed by atoms with Crippen LogP contribution in [0.4, 0.5) is 0 Å². The summed E-state index contributed by atoms with van der Waals surface area (Å²) in [7, 11) is 1.95. The molecule has 0 heterocycles. The van der Waals surface area contributed by atoms with Crippen molar-refractivity contribution in [2.24, 2.45) is 0 Å². The molecule has 0 amide bonds. The van der Waals surface area contributed by atoms with Gasteiger partial charge in [-0.1, -0.05) is 0 Å². The van der Waals surface area contributed by atoms with Gasteiger partial charge in [-0.05, 0) is 13.8 Å². The second-order valence-corrected chi connectivity index (χ2v) is 2.44. The van der Waals surface area contributed by atoms with Gasteiger partial charge >= 0.3 is 0 Å². The molecule has 0 atom stereocenters. The van der Waals surface area contributed by atoms with Gasteiger partial charge in [0.25, 0.3) is 0 Å². The molecule has 2 nitrogen and oxygen atoms in total. The van der Waals surface area contributed by atoms with Gasteiger partial charge in [0.1, 0.15) is 5.54 Å². The van der Waals surface area contributed by atoms with Crippen LogP contribution in [0.15, 0.2) is 0 Å². The van der Waals surface area contributed by atoms with E-state index in [4.69, 9.17) is 5.11 Å². The van der Waals surface area contributed by atoms with E-state index in [2.05, 4.69) is 0 Å². The summed E-state index contributed by atoms with van der Waals surface area (Å²) in [5.74, 6) is 0. The zero-order chi connectivity index (χ0) is 5.91. The van der Waals surface area contributed by atoms with Crippen LogP contribution in [0.5, 0.6) is 0 Å². The van der Waals surface area contributed by atoms with Crippen molar-refractivity contribution in [1.29, 1.82) is 0 Å². The SMILES string of the molecule is C[NH2+]C(C)(C)CO. The zero-order valence-electron chi connectivity index (χ0n) is 5.23. The van der Waals surface area contributed by atoms with E-state index >= 15 is 0 Å². The Bertz CT molecular complexity index is 46.0. The highest BCUT2D eigenvalue weighted by Crippen LogP contribution is 1.87. The van der Waals surface area contributed by atoms with E-state index in [1.165, 1.54) is 0 Å². The predicted octanol–water partition coefficient (Wildman–Crippen LogP) is -1.05. The van der Waals surface area contributed by atoms with E-state index < -0.39 is 0 Å². The number of nitrogens with two attached hydrogens (primary N) is 1. The van der Waals surface area contributed by atoms with Gasteiger partial charge in [-0.2, -0.15) is 0 Å². The van der Waals surface area contributed by atoms with Crippen LogP contribution in [-0.4, -0.2) is 24.3 Å². The van der Waals surface area contributed by atoms with E-state index in [9.17, 15) is 0 Å². The number of hydrogen-bond acceptors (Lipinski definition) is 1. The lowest BCUT2D eigenvalue weighted by Gasteiger charge is -2.15. The van der Waals surface area contributed by atoms with Crippen molar-refractivity contribution in [2.75, 3.05) is 13.7 Å². The fourth-order valence-corrected chi connectivity index (χ4v) is 0.0913. The average molecular weight is 104 g/mol. The van der Waals surface area contributed by atoms with Gasteiger partial charge < -0.3 is 10.4 Å². The number of quaternary nitrogens is 1. The summed E-state index contributed by atoms with van der Waals surface area (Å²) in [4.78, 5) is 0. The van der Waals surface area contributed by atoms with Crippen molar-refractivity contribution in [3.8, 4) is 0 Å². The number of aliphatic hydroxyl groups is 1. The Kier molecular flexibility index (Phi) is 2.26. The molecular formula is C5H14NO+. The number of rotatable bonds is 2. The zero-order valence-corrected chi connectivity index (χ0v) is 5.23. The monoisotopic (exact) mass is 104 g/mol. The Morgan fingerprint density at radius 2 is 2.00 bits per heavy atom. The third-order valence-corrected chi connectivity index (χ3v) is 1.19. The molecule has 0 aromatic rings. The van der Waals surface area contributed by atoms with Gasteiger partial charge in [0.2, 0.25) is 0 Å². The molecule has 0 bridgehead atoms. The Hall–Kier alpha value is -0.0800. The maximum absolute atomic E-state index is 8.56. The molecule has 0 saturated carbocycles. The summed E-state index contributed by atoms with van der Waals surface area (Å²) in [5, 5.41) is 10.6. The Balaban J connectivity index is 3.36. The minimum Gasteiger partial charge on any atom is -0.390 e. The van der Waals surface area contributed by atoms with Gasteiger partial charge in [-0.3, -0.25) is 0 Å². The molecule has 3 N–H and O–H groups in total. The molecule has 0 aromatic heterocycles. The first-order chi connectivity index (χ1) is 3.12. The molecule has 0 aliphatic carbocycles. The van der Waals surface area contributed by atoms with Crippen molar-refractivity contribution < 1.29 is 10.4 Å². The van der Waals surface area contributed by atoms with E-state index in [-0.39, 0.29) is 12.1 Å². The molecule has 0 rings (SSSR count). The number of aliphatic hydroxyl groups excluding tert-OH is 1. The lowest BCUT2D eigenvalue weighted by molar-refractivity contribution is -0.698. The molecule has 7 heavy (non-hydrogen) atoms. The van der Waals surface area contributed by atoms with Crippen LogP contribution in [0.3, 0.4) is 0 Å². The lowest BCUT2D eigenvalue weighted by Crippen LogP contribution is -2.93. The first-order valence-corrected chi connectivity index (χ1v) is 2.54. The second kappa shape index (κ2) is 2.28. The van der Waals surface area contributed by atoms with Crippen LogP contribution < -0.4 is 5.32 Å². The van der Waals surface area contributed by atoms with E-state index in [0.29, 0.717) is 0 Å². The van der Waals surface area contributed by atoms with Crippen molar-refractivity contribution in [3.05, 3.63) is 0 Å². The smallest absolute Gasteiger partial charge is 0.114 e. The molecule has 0 aliphatic rings. The molecule has 2 heteroatoms. The van der Waals surface area contributed by atoms with Crippen LogP contribution in [0.2, 0.25) is 0 Å². The normalized spacial score (nSPS) is 12.0. The van der Waals surface area contributed by atoms with E-state index in [1.54, 1.807) is 0 Å². The molecule has 0 radical (unpaired) electrons. The van der Waals surface area contributed by atoms with Gasteiger partial charge in [0.05, 0.1) is 13.7 Å². The van der Waals surface area contributed by atoms with E-state index in [1.807, 2.05) is 26.2 Å². The minimum atomic E-state index is 0.0139. The van der Waals surface area contributed by atoms with Gasteiger partial charge in [-0.15, -0.1) is 0 Å². The van der Waals surface area contributed by atoms with Crippen LogP contribution in [0.1, 0.15) is 13.8 Å².